The van der Waals surface area contributed by atoms with Gasteiger partial charge in [-0.05, 0) is 62.4 Å². The Kier molecular flexibility index (Phi) is 4.87. The minimum absolute atomic E-state index is 0.497. The lowest BCUT2D eigenvalue weighted by atomic mass is 9.85. The summed E-state index contributed by atoms with van der Waals surface area (Å²) in [5.41, 5.74) is 6.30. The van der Waals surface area contributed by atoms with Gasteiger partial charge in [0.25, 0.3) is 0 Å². The maximum absolute atomic E-state index is 6.30. The summed E-state index contributed by atoms with van der Waals surface area (Å²) in [7, 11) is 0. The van der Waals surface area contributed by atoms with E-state index >= 15 is 0 Å². The molecule has 100 valence electrons. The summed E-state index contributed by atoms with van der Waals surface area (Å²) < 4.78 is 0. The molecule has 2 rings (SSSR count). The van der Waals surface area contributed by atoms with E-state index in [9.17, 15) is 0 Å². The zero-order chi connectivity index (χ0) is 12.3. The summed E-state index contributed by atoms with van der Waals surface area (Å²) in [5.74, 6) is 3.43. The Labute approximate surface area is 107 Å². The van der Waals surface area contributed by atoms with Crippen molar-refractivity contribution in [2.75, 3.05) is 13.1 Å². The summed E-state index contributed by atoms with van der Waals surface area (Å²) >= 11 is 0. The molecule has 4 unspecified atom stereocenters. The van der Waals surface area contributed by atoms with Gasteiger partial charge < -0.3 is 11.1 Å². The summed E-state index contributed by atoms with van der Waals surface area (Å²) in [6.45, 7) is 6.97. The fourth-order valence-electron chi connectivity index (χ4n) is 3.83. The van der Waals surface area contributed by atoms with Crippen LogP contribution in [0, 0.1) is 23.7 Å². The van der Waals surface area contributed by atoms with Gasteiger partial charge >= 0.3 is 0 Å². The monoisotopic (exact) mass is 238 g/mol. The van der Waals surface area contributed by atoms with E-state index in [2.05, 4.69) is 19.2 Å². The maximum Gasteiger partial charge on any atom is 0.0110 e. The molecule has 0 aromatic rings. The first kappa shape index (κ1) is 13.4. The molecule has 2 fully saturated rings. The van der Waals surface area contributed by atoms with Crippen LogP contribution in [0.2, 0.25) is 0 Å². The molecule has 2 aliphatic carbocycles. The second kappa shape index (κ2) is 6.19. The standard InChI is InChI=1S/C15H30N2/c1-11(2)5-3-4-8-17-10-14-12-6-7-13(9-12)15(14)16/h11-15,17H,3-10,16H2,1-2H3. The molecule has 0 radical (unpaired) electrons. The zero-order valence-corrected chi connectivity index (χ0v) is 11.6. The molecule has 0 aromatic carbocycles. The van der Waals surface area contributed by atoms with Gasteiger partial charge in [-0.25, -0.2) is 0 Å². The van der Waals surface area contributed by atoms with E-state index < -0.39 is 0 Å². The van der Waals surface area contributed by atoms with Gasteiger partial charge in [-0.1, -0.05) is 26.7 Å². The fraction of sp³-hybridized carbons (Fsp3) is 1.00. The van der Waals surface area contributed by atoms with Gasteiger partial charge in [0, 0.05) is 6.04 Å². The summed E-state index contributed by atoms with van der Waals surface area (Å²) in [5, 5.41) is 3.64. The van der Waals surface area contributed by atoms with Gasteiger partial charge in [0.2, 0.25) is 0 Å². The number of unbranched alkanes of at least 4 members (excludes halogenated alkanes) is 1. The van der Waals surface area contributed by atoms with Crippen LogP contribution in [0.1, 0.15) is 52.4 Å². The van der Waals surface area contributed by atoms with Crippen molar-refractivity contribution in [3.63, 3.8) is 0 Å². The predicted molar refractivity (Wildman–Crippen MR) is 73.9 cm³/mol. The molecule has 0 amide bonds. The fourth-order valence-corrected chi connectivity index (χ4v) is 3.83. The largest absolute Gasteiger partial charge is 0.327 e. The predicted octanol–water partition coefficient (Wildman–Crippen LogP) is 2.78. The topological polar surface area (TPSA) is 38.0 Å². The van der Waals surface area contributed by atoms with E-state index in [0.717, 1.165) is 23.7 Å². The normalized spacial score (nSPS) is 36.0. The van der Waals surface area contributed by atoms with Crippen LogP contribution in [0.15, 0.2) is 0 Å². The van der Waals surface area contributed by atoms with Crippen LogP contribution < -0.4 is 11.1 Å². The average molecular weight is 238 g/mol. The minimum atomic E-state index is 0.497. The molecular weight excluding hydrogens is 208 g/mol. The van der Waals surface area contributed by atoms with Crippen LogP contribution in [-0.4, -0.2) is 19.1 Å². The smallest absolute Gasteiger partial charge is 0.0110 e. The third-order valence-corrected chi connectivity index (χ3v) is 4.92. The third-order valence-electron chi connectivity index (χ3n) is 4.92. The van der Waals surface area contributed by atoms with Gasteiger partial charge in [-0.3, -0.25) is 0 Å². The van der Waals surface area contributed by atoms with Crippen molar-refractivity contribution in [2.45, 2.75) is 58.4 Å². The summed E-state index contributed by atoms with van der Waals surface area (Å²) in [4.78, 5) is 0. The molecule has 0 heterocycles. The first-order valence-corrected chi connectivity index (χ1v) is 7.64. The average Bonchev–Trinajstić information content (AvgIpc) is 2.85. The molecule has 0 aromatic heterocycles. The van der Waals surface area contributed by atoms with Crippen molar-refractivity contribution < 1.29 is 0 Å². The van der Waals surface area contributed by atoms with Crippen LogP contribution >= 0.6 is 0 Å². The van der Waals surface area contributed by atoms with Crippen LogP contribution in [0.5, 0.6) is 0 Å². The lowest BCUT2D eigenvalue weighted by molar-refractivity contribution is 0.278. The molecule has 3 N–H and O–H groups in total. The van der Waals surface area contributed by atoms with Crippen molar-refractivity contribution in [2.24, 2.45) is 29.4 Å². The Balaban J connectivity index is 1.54. The molecule has 0 aliphatic heterocycles. The Bertz CT molecular complexity index is 225. The van der Waals surface area contributed by atoms with Gasteiger partial charge in [-0.2, -0.15) is 0 Å². The molecule has 2 aliphatic rings. The number of fused-ring (bicyclic) bond motifs is 2. The van der Waals surface area contributed by atoms with E-state index in [1.165, 1.54) is 51.6 Å². The lowest BCUT2D eigenvalue weighted by Crippen LogP contribution is -2.41. The Morgan fingerprint density at radius 3 is 2.59 bits per heavy atom. The Morgan fingerprint density at radius 1 is 1.18 bits per heavy atom. The third kappa shape index (κ3) is 3.45. The molecule has 2 heteroatoms. The zero-order valence-electron chi connectivity index (χ0n) is 11.6. The number of hydrogen-bond donors (Lipinski definition) is 2. The van der Waals surface area contributed by atoms with E-state index in [-0.39, 0.29) is 0 Å². The van der Waals surface area contributed by atoms with Crippen molar-refractivity contribution in [1.29, 1.82) is 0 Å². The maximum atomic E-state index is 6.30. The Hall–Kier alpha value is -0.0800. The summed E-state index contributed by atoms with van der Waals surface area (Å²) in [6.07, 6.45) is 8.33. The highest BCUT2D eigenvalue weighted by Gasteiger charge is 2.45. The number of nitrogens with two attached hydrogens (primary N) is 1. The highest BCUT2D eigenvalue weighted by molar-refractivity contribution is 4.99. The molecular formula is C15H30N2. The second-order valence-electron chi connectivity index (χ2n) is 6.67. The van der Waals surface area contributed by atoms with E-state index in [0.29, 0.717) is 6.04 Å². The number of nitrogens with one attached hydrogen (secondary N) is 1. The van der Waals surface area contributed by atoms with Crippen LogP contribution in [-0.2, 0) is 0 Å². The second-order valence-corrected chi connectivity index (χ2v) is 6.67. The molecule has 17 heavy (non-hydrogen) atoms. The van der Waals surface area contributed by atoms with Gasteiger partial charge in [0.15, 0.2) is 0 Å². The van der Waals surface area contributed by atoms with Crippen LogP contribution in [0.25, 0.3) is 0 Å². The van der Waals surface area contributed by atoms with E-state index in [1.807, 2.05) is 0 Å². The molecule has 2 nitrogen and oxygen atoms in total. The summed E-state index contributed by atoms with van der Waals surface area (Å²) in [6, 6.07) is 0.497. The molecule has 2 saturated carbocycles. The van der Waals surface area contributed by atoms with Gasteiger partial charge in [0.05, 0.1) is 0 Å². The lowest BCUT2D eigenvalue weighted by Gasteiger charge is -2.28. The highest BCUT2D eigenvalue weighted by Crippen LogP contribution is 2.47. The van der Waals surface area contributed by atoms with Crippen molar-refractivity contribution in [3.8, 4) is 0 Å². The van der Waals surface area contributed by atoms with Gasteiger partial charge in [-0.15, -0.1) is 0 Å². The molecule has 4 atom stereocenters. The van der Waals surface area contributed by atoms with Crippen molar-refractivity contribution >= 4 is 0 Å². The Morgan fingerprint density at radius 2 is 1.94 bits per heavy atom. The van der Waals surface area contributed by atoms with Crippen LogP contribution in [0.4, 0.5) is 0 Å². The van der Waals surface area contributed by atoms with Gasteiger partial charge in [0.1, 0.15) is 0 Å². The molecule has 0 spiro atoms. The van der Waals surface area contributed by atoms with E-state index in [4.69, 9.17) is 5.73 Å². The number of rotatable bonds is 7. The number of hydrogen-bond acceptors (Lipinski definition) is 2. The van der Waals surface area contributed by atoms with Crippen molar-refractivity contribution in [3.05, 3.63) is 0 Å². The quantitative estimate of drug-likeness (QED) is 0.669. The first-order valence-electron chi connectivity index (χ1n) is 7.64. The molecule has 2 bridgehead atoms. The highest BCUT2D eigenvalue weighted by atomic mass is 14.9. The molecule has 0 saturated heterocycles. The van der Waals surface area contributed by atoms with Crippen molar-refractivity contribution in [1.82, 2.24) is 5.32 Å². The minimum Gasteiger partial charge on any atom is -0.327 e. The van der Waals surface area contributed by atoms with Crippen LogP contribution in [0.3, 0.4) is 0 Å². The van der Waals surface area contributed by atoms with E-state index in [1.54, 1.807) is 0 Å². The first-order chi connectivity index (χ1) is 8.18. The SMILES string of the molecule is CC(C)CCCCNCC1C2CCC(C2)C1N.